The SMILES string of the molecule is O=c1c(-c2nc(-c3ccsc3)no2)cccn1Cc1ccc(F)cc1F. The predicted octanol–water partition coefficient (Wildman–Crippen LogP) is 3.95. The van der Waals surface area contributed by atoms with Crippen molar-refractivity contribution in [3.05, 3.63) is 80.9 Å². The first-order chi connectivity index (χ1) is 12.6. The van der Waals surface area contributed by atoms with Gasteiger partial charge in [-0.15, -0.1) is 0 Å². The van der Waals surface area contributed by atoms with Crippen molar-refractivity contribution in [2.75, 3.05) is 0 Å². The van der Waals surface area contributed by atoms with Gasteiger partial charge in [0.15, 0.2) is 0 Å². The first-order valence-corrected chi connectivity index (χ1v) is 8.56. The highest BCUT2D eigenvalue weighted by molar-refractivity contribution is 7.08. The maximum Gasteiger partial charge on any atom is 0.263 e. The van der Waals surface area contributed by atoms with Gasteiger partial charge in [0, 0.05) is 28.8 Å². The number of hydrogen-bond acceptors (Lipinski definition) is 5. The molecule has 1 aromatic carbocycles. The van der Waals surface area contributed by atoms with Crippen LogP contribution in [-0.2, 0) is 6.54 Å². The molecule has 0 atom stereocenters. The molecule has 0 fully saturated rings. The van der Waals surface area contributed by atoms with E-state index in [-0.39, 0.29) is 23.6 Å². The summed E-state index contributed by atoms with van der Waals surface area (Å²) in [5.74, 6) is -0.898. The van der Waals surface area contributed by atoms with E-state index in [2.05, 4.69) is 10.1 Å². The van der Waals surface area contributed by atoms with Crippen molar-refractivity contribution in [3.63, 3.8) is 0 Å². The molecule has 8 heteroatoms. The van der Waals surface area contributed by atoms with Crippen LogP contribution in [0, 0.1) is 11.6 Å². The monoisotopic (exact) mass is 371 g/mol. The molecule has 0 spiro atoms. The largest absolute Gasteiger partial charge is 0.333 e. The molecule has 0 radical (unpaired) electrons. The molecule has 3 aromatic heterocycles. The average molecular weight is 371 g/mol. The zero-order valence-electron chi connectivity index (χ0n) is 13.2. The smallest absolute Gasteiger partial charge is 0.263 e. The van der Waals surface area contributed by atoms with E-state index >= 15 is 0 Å². The summed E-state index contributed by atoms with van der Waals surface area (Å²) < 4.78 is 33.4. The van der Waals surface area contributed by atoms with Crippen molar-refractivity contribution in [3.8, 4) is 22.8 Å². The van der Waals surface area contributed by atoms with Crippen LogP contribution >= 0.6 is 11.3 Å². The number of thiophene rings is 1. The standard InChI is InChI=1S/C18H11F2N3O2S/c19-13-4-3-11(15(20)8-13)9-23-6-1-2-14(18(23)24)17-21-16(22-25-17)12-5-7-26-10-12/h1-8,10H,9H2. The molecule has 4 aromatic rings. The second-order valence-electron chi connectivity index (χ2n) is 5.53. The summed E-state index contributed by atoms with van der Waals surface area (Å²) in [6, 6.07) is 8.29. The normalized spacial score (nSPS) is 11.0. The van der Waals surface area contributed by atoms with E-state index in [1.807, 2.05) is 16.8 Å². The maximum absolute atomic E-state index is 13.9. The summed E-state index contributed by atoms with van der Waals surface area (Å²) in [7, 11) is 0. The lowest BCUT2D eigenvalue weighted by atomic mass is 10.2. The molecule has 0 bridgehead atoms. The lowest BCUT2D eigenvalue weighted by Gasteiger charge is -2.07. The number of halogens is 2. The fourth-order valence-corrected chi connectivity index (χ4v) is 3.13. The third-order valence-corrected chi connectivity index (χ3v) is 4.50. The van der Waals surface area contributed by atoms with Gasteiger partial charge in [-0.2, -0.15) is 16.3 Å². The lowest BCUT2D eigenvalue weighted by molar-refractivity contribution is 0.431. The second-order valence-corrected chi connectivity index (χ2v) is 6.31. The summed E-state index contributed by atoms with van der Waals surface area (Å²) in [4.78, 5) is 16.9. The fraction of sp³-hybridized carbons (Fsp3) is 0.0556. The number of rotatable bonds is 4. The Morgan fingerprint density at radius 3 is 2.85 bits per heavy atom. The van der Waals surface area contributed by atoms with Gasteiger partial charge in [-0.25, -0.2) is 8.78 Å². The van der Waals surface area contributed by atoms with Gasteiger partial charge in [-0.3, -0.25) is 4.79 Å². The minimum Gasteiger partial charge on any atom is -0.333 e. The predicted molar refractivity (Wildman–Crippen MR) is 92.8 cm³/mol. The third kappa shape index (κ3) is 3.06. The highest BCUT2D eigenvalue weighted by Crippen LogP contribution is 2.22. The van der Waals surface area contributed by atoms with Crippen molar-refractivity contribution >= 4 is 11.3 Å². The Hall–Kier alpha value is -3.13. The quantitative estimate of drug-likeness (QED) is 0.545. The van der Waals surface area contributed by atoms with E-state index in [1.165, 1.54) is 28.2 Å². The van der Waals surface area contributed by atoms with Crippen LogP contribution in [0.1, 0.15) is 5.56 Å². The minimum absolute atomic E-state index is 0.0374. The Labute approximate surface area is 150 Å². The van der Waals surface area contributed by atoms with Crippen molar-refractivity contribution in [1.29, 1.82) is 0 Å². The van der Waals surface area contributed by atoms with E-state index < -0.39 is 17.2 Å². The van der Waals surface area contributed by atoms with E-state index in [9.17, 15) is 13.6 Å². The topological polar surface area (TPSA) is 60.9 Å². The summed E-state index contributed by atoms with van der Waals surface area (Å²) in [5.41, 5.74) is 0.811. The first-order valence-electron chi connectivity index (χ1n) is 7.62. The van der Waals surface area contributed by atoms with Gasteiger partial charge in [0.05, 0.1) is 6.54 Å². The Morgan fingerprint density at radius 1 is 1.19 bits per heavy atom. The molecular formula is C18H11F2N3O2S. The van der Waals surface area contributed by atoms with Crippen LogP contribution in [0.25, 0.3) is 22.8 Å². The van der Waals surface area contributed by atoms with Crippen LogP contribution in [0.5, 0.6) is 0 Å². The number of nitrogens with zero attached hydrogens (tertiary/aromatic N) is 3. The number of hydrogen-bond donors (Lipinski definition) is 0. The van der Waals surface area contributed by atoms with Crippen molar-refractivity contribution in [2.24, 2.45) is 0 Å². The van der Waals surface area contributed by atoms with Crippen molar-refractivity contribution in [2.45, 2.75) is 6.54 Å². The van der Waals surface area contributed by atoms with Crippen LogP contribution in [0.2, 0.25) is 0 Å². The molecule has 4 rings (SSSR count). The molecule has 0 amide bonds. The van der Waals surface area contributed by atoms with Gasteiger partial charge >= 0.3 is 0 Å². The lowest BCUT2D eigenvalue weighted by Crippen LogP contribution is -2.22. The Morgan fingerprint density at radius 2 is 2.08 bits per heavy atom. The molecule has 0 aliphatic rings. The molecule has 0 saturated carbocycles. The van der Waals surface area contributed by atoms with Gasteiger partial charge in [0.2, 0.25) is 5.82 Å². The van der Waals surface area contributed by atoms with Gasteiger partial charge in [-0.1, -0.05) is 11.2 Å². The number of pyridine rings is 1. The van der Waals surface area contributed by atoms with E-state index in [0.29, 0.717) is 5.82 Å². The summed E-state index contributed by atoms with van der Waals surface area (Å²) >= 11 is 1.50. The molecule has 26 heavy (non-hydrogen) atoms. The molecule has 0 N–H and O–H groups in total. The number of aromatic nitrogens is 3. The molecule has 0 aliphatic heterocycles. The molecule has 0 unspecified atom stereocenters. The zero-order chi connectivity index (χ0) is 18.1. The van der Waals surface area contributed by atoms with Crippen LogP contribution < -0.4 is 5.56 Å². The molecule has 130 valence electrons. The third-order valence-electron chi connectivity index (χ3n) is 3.81. The van der Waals surface area contributed by atoms with Crippen LogP contribution in [0.3, 0.4) is 0 Å². The van der Waals surface area contributed by atoms with Crippen LogP contribution in [0.4, 0.5) is 8.78 Å². The Bertz CT molecular complexity index is 1120. The zero-order valence-corrected chi connectivity index (χ0v) is 14.0. The van der Waals surface area contributed by atoms with Crippen LogP contribution in [-0.4, -0.2) is 14.7 Å². The highest BCUT2D eigenvalue weighted by Gasteiger charge is 2.15. The Kier molecular flexibility index (Phi) is 4.18. The second kappa shape index (κ2) is 6.64. The van der Waals surface area contributed by atoms with E-state index in [0.717, 1.165) is 17.7 Å². The summed E-state index contributed by atoms with van der Waals surface area (Å²) in [5, 5.41) is 7.64. The first kappa shape index (κ1) is 16.3. The molecule has 5 nitrogen and oxygen atoms in total. The van der Waals surface area contributed by atoms with Gasteiger partial charge in [0.1, 0.15) is 17.2 Å². The molecule has 0 aliphatic carbocycles. The summed E-state index contributed by atoms with van der Waals surface area (Å²) in [6.07, 6.45) is 1.52. The Balaban J connectivity index is 1.69. The highest BCUT2D eigenvalue weighted by atomic mass is 32.1. The number of benzene rings is 1. The van der Waals surface area contributed by atoms with Crippen LogP contribution in [0.15, 0.2) is 62.7 Å². The fourth-order valence-electron chi connectivity index (χ4n) is 2.50. The minimum atomic E-state index is -0.708. The average Bonchev–Trinajstić information content (AvgIpc) is 3.30. The van der Waals surface area contributed by atoms with Gasteiger partial charge < -0.3 is 9.09 Å². The molecule has 0 saturated heterocycles. The molecular weight excluding hydrogens is 360 g/mol. The van der Waals surface area contributed by atoms with E-state index in [1.54, 1.807) is 12.1 Å². The van der Waals surface area contributed by atoms with Gasteiger partial charge in [0.25, 0.3) is 11.4 Å². The van der Waals surface area contributed by atoms with Gasteiger partial charge in [-0.05, 0) is 29.6 Å². The van der Waals surface area contributed by atoms with E-state index in [4.69, 9.17) is 4.52 Å². The maximum atomic E-state index is 13.9. The molecule has 3 heterocycles. The van der Waals surface area contributed by atoms with Crippen molar-refractivity contribution < 1.29 is 13.3 Å². The summed E-state index contributed by atoms with van der Waals surface area (Å²) in [6.45, 7) is -0.0374. The van der Waals surface area contributed by atoms with Crippen molar-refractivity contribution in [1.82, 2.24) is 14.7 Å².